The zero-order valence-electron chi connectivity index (χ0n) is 19.4. The van der Waals surface area contributed by atoms with Gasteiger partial charge in [0.1, 0.15) is 0 Å². The summed E-state index contributed by atoms with van der Waals surface area (Å²) < 4.78 is 1.42. The monoisotopic (exact) mass is 404 g/mol. The first-order chi connectivity index (χ1) is 14.8. The van der Waals surface area contributed by atoms with E-state index in [9.17, 15) is 0 Å². The van der Waals surface area contributed by atoms with Gasteiger partial charge in [0.05, 0.1) is 25.7 Å². The summed E-state index contributed by atoms with van der Waals surface area (Å²) >= 11 is 0. The summed E-state index contributed by atoms with van der Waals surface area (Å²) in [7, 11) is 0. The molecule has 2 aromatic rings. The van der Waals surface area contributed by atoms with Crippen molar-refractivity contribution < 1.29 is 4.48 Å². The van der Waals surface area contributed by atoms with E-state index in [1.807, 2.05) is 0 Å². The Hall–Kier alpha value is -1.60. The minimum atomic E-state index is 0.700. The van der Waals surface area contributed by atoms with Crippen LogP contribution in [0.3, 0.4) is 0 Å². The molecule has 1 heterocycles. The molecule has 1 nitrogen and oxygen atoms in total. The van der Waals surface area contributed by atoms with Crippen LogP contribution in [0.2, 0.25) is 0 Å². The molecule has 1 aliphatic heterocycles. The molecule has 2 aromatic carbocycles. The maximum absolute atomic E-state index is 2.40. The number of fused-ring (bicyclic) bond motifs is 1. The van der Waals surface area contributed by atoms with E-state index < -0.39 is 0 Å². The summed E-state index contributed by atoms with van der Waals surface area (Å²) in [6.45, 7) is 9.00. The Morgan fingerprint density at radius 3 is 2.10 bits per heavy atom. The third-order valence-corrected chi connectivity index (χ3v) is 8.19. The van der Waals surface area contributed by atoms with Gasteiger partial charge in [-0.15, -0.1) is 0 Å². The second-order valence-corrected chi connectivity index (χ2v) is 10.1. The molecule has 0 N–H and O–H groups in total. The number of quaternary nitrogens is 1. The van der Waals surface area contributed by atoms with Crippen molar-refractivity contribution in [3.05, 3.63) is 71.3 Å². The number of hydrogen-bond acceptors (Lipinski definition) is 0. The number of benzene rings is 2. The maximum atomic E-state index is 2.40. The van der Waals surface area contributed by atoms with Crippen molar-refractivity contribution in [2.24, 2.45) is 5.92 Å². The first kappa shape index (κ1) is 21.6. The van der Waals surface area contributed by atoms with Crippen LogP contribution in [-0.2, 0) is 12.8 Å². The summed E-state index contributed by atoms with van der Waals surface area (Å²) in [6.07, 6.45) is 12.3. The summed E-state index contributed by atoms with van der Waals surface area (Å²) in [5.74, 6) is 1.47. The van der Waals surface area contributed by atoms with Crippen LogP contribution < -0.4 is 0 Å². The van der Waals surface area contributed by atoms with Gasteiger partial charge in [-0.3, -0.25) is 0 Å². The van der Waals surface area contributed by atoms with Crippen molar-refractivity contribution in [2.45, 2.75) is 83.6 Å². The lowest BCUT2D eigenvalue weighted by molar-refractivity contribution is -0.956. The maximum Gasteiger partial charge on any atom is 0.0890 e. The normalized spacial score (nSPS) is 22.0. The number of likely N-dealkylation sites (tertiary alicyclic amines) is 1. The largest absolute Gasteiger partial charge is 0.321 e. The SMILES string of the molecule is CCC[N+]1(CCC)CCCC[C@H]1CCC(c1ccccc1)C1Cc2ccccc2C1. The van der Waals surface area contributed by atoms with Gasteiger partial charge in [0.2, 0.25) is 0 Å². The topological polar surface area (TPSA) is 0 Å². The smallest absolute Gasteiger partial charge is 0.0890 e. The fraction of sp³-hybridized carbons (Fsp3) is 0.586. The molecule has 1 unspecified atom stereocenters. The van der Waals surface area contributed by atoms with Crippen LogP contribution in [0, 0.1) is 5.92 Å². The minimum absolute atomic E-state index is 0.700. The highest BCUT2D eigenvalue weighted by Crippen LogP contribution is 2.41. The quantitative estimate of drug-likeness (QED) is 0.389. The lowest BCUT2D eigenvalue weighted by Gasteiger charge is -2.48. The molecule has 0 bridgehead atoms. The van der Waals surface area contributed by atoms with Gasteiger partial charge in [0, 0.05) is 6.42 Å². The van der Waals surface area contributed by atoms with Crippen LogP contribution >= 0.6 is 0 Å². The Morgan fingerprint density at radius 2 is 1.47 bits per heavy atom. The molecule has 1 heteroatoms. The van der Waals surface area contributed by atoms with Crippen molar-refractivity contribution in [2.75, 3.05) is 19.6 Å². The molecule has 1 fully saturated rings. The van der Waals surface area contributed by atoms with Gasteiger partial charge in [-0.1, -0.05) is 68.4 Å². The Morgan fingerprint density at radius 1 is 0.833 bits per heavy atom. The molecule has 30 heavy (non-hydrogen) atoms. The average molecular weight is 405 g/mol. The van der Waals surface area contributed by atoms with Crippen LogP contribution in [0.25, 0.3) is 0 Å². The standard InChI is InChI=1S/C29H42N/c1-3-19-30(20-4-2)21-11-10-16-28(30)17-18-29(24-12-6-5-7-13-24)27-22-25-14-8-9-15-26(25)23-27/h5-9,12-15,27-29H,3-4,10-11,16-23H2,1-2H3/q+1/t28-,29?/m0/s1. The van der Waals surface area contributed by atoms with E-state index in [0.717, 1.165) is 12.0 Å². The van der Waals surface area contributed by atoms with Crippen molar-refractivity contribution in [1.29, 1.82) is 0 Å². The molecular weight excluding hydrogens is 362 g/mol. The first-order valence-electron chi connectivity index (χ1n) is 12.7. The van der Waals surface area contributed by atoms with Crippen LogP contribution in [-0.4, -0.2) is 30.2 Å². The highest BCUT2D eigenvalue weighted by atomic mass is 15.4. The van der Waals surface area contributed by atoms with Crippen molar-refractivity contribution in [3.8, 4) is 0 Å². The van der Waals surface area contributed by atoms with Crippen LogP contribution in [0.5, 0.6) is 0 Å². The van der Waals surface area contributed by atoms with Gasteiger partial charge in [0.15, 0.2) is 0 Å². The van der Waals surface area contributed by atoms with E-state index >= 15 is 0 Å². The second kappa shape index (κ2) is 10.1. The fourth-order valence-corrected chi connectivity index (χ4v) is 6.90. The van der Waals surface area contributed by atoms with Gasteiger partial charge in [-0.25, -0.2) is 0 Å². The predicted octanol–water partition coefficient (Wildman–Crippen LogP) is 7.15. The van der Waals surface area contributed by atoms with E-state index in [1.165, 1.54) is 81.9 Å². The Bertz CT molecular complexity index is 743. The summed E-state index contributed by atoms with van der Waals surface area (Å²) in [4.78, 5) is 0. The third kappa shape index (κ3) is 4.67. The van der Waals surface area contributed by atoms with E-state index in [2.05, 4.69) is 68.4 Å². The Kier molecular flexibility index (Phi) is 7.31. The number of hydrogen-bond donors (Lipinski definition) is 0. The summed E-state index contributed by atoms with van der Waals surface area (Å²) in [5.41, 5.74) is 4.78. The molecule has 1 aliphatic carbocycles. The van der Waals surface area contributed by atoms with E-state index in [4.69, 9.17) is 0 Å². The molecule has 0 saturated carbocycles. The van der Waals surface area contributed by atoms with Crippen LogP contribution in [0.15, 0.2) is 54.6 Å². The molecule has 0 radical (unpaired) electrons. The highest BCUT2D eigenvalue weighted by molar-refractivity contribution is 5.34. The van der Waals surface area contributed by atoms with Gasteiger partial charge in [0.25, 0.3) is 0 Å². The average Bonchev–Trinajstić information content (AvgIpc) is 3.20. The fourth-order valence-electron chi connectivity index (χ4n) is 6.90. The van der Waals surface area contributed by atoms with Crippen LogP contribution in [0.1, 0.15) is 81.4 Å². The number of piperidine rings is 1. The van der Waals surface area contributed by atoms with Crippen molar-refractivity contribution in [3.63, 3.8) is 0 Å². The Labute approximate surface area is 185 Å². The number of nitrogens with zero attached hydrogens (tertiary/aromatic N) is 1. The molecule has 0 amide bonds. The summed E-state index contributed by atoms with van der Waals surface area (Å²) in [5, 5.41) is 0. The molecule has 2 aliphatic rings. The molecule has 1 saturated heterocycles. The second-order valence-electron chi connectivity index (χ2n) is 10.1. The Balaban J connectivity index is 1.52. The lowest BCUT2D eigenvalue weighted by Crippen LogP contribution is -2.58. The molecule has 2 atom stereocenters. The van der Waals surface area contributed by atoms with E-state index in [1.54, 1.807) is 16.7 Å². The zero-order chi connectivity index (χ0) is 20.8. The van der Waals surface area contributed by atoms with Gasteiger partial charge >= 0.3 is 0 Å². The molecule has 162 valence electrons. The molecule has 4 rings (SSSR count). The highest BCUT2D eigenvalue weighted by Gasteiger charge is 2.39. The van der Waals surface area contributed by atoms with E-state index in [-0.39, 0.29) is 0 Å². The zero-order valence-corrected chi connectivity index (χ0v) is 19.4. The molecule has 0 spiro atoms. The summed E-state index contributed by atoms with van der Waals surface area (Å²) in [6, 6.07) is 21.5. The first-order valence-corrected chi connectivity index (χ1v) is 12.7. The lowest BCUT2D eigenvalue weighted by atomic mass is 9.79. The van der Waals surface area contributed by atoms with Crippen molar-refractivity contribution in [1.82, 2.24) is 0 Å². The predicted molar refractivity (Wildman–Crippen MR) is 129 cm³/mol. The number of rotatable bonds is 9. The van der Waals surface area contributed by atoms with Gasteiger partial charge in [-0.2, -0.15) is 0 Å². The molecular formula is C29H42N+. The molecule has 0 aromatic heterocycles. The van der Waals surface area contributed by atoms with Crippen molar-refractivity contribution >= 4 is 0 Å². The third-order valence-electron chi connectivity index (χ3n) is 8.19. The van der Waals surface area contributed by atoms with Gasteiger partial charge in [-0.05, 0) is 79.9 Å². The van der Waals surface area contributed by atoms with Gasteiger partial charge < -0.3 is 4.48 Å². The van der Waals surface area contributed by atoms with E-state index in [0.29, 0.717) is 5.92 Å². The minimum Gasteiger partial charge on any atom is -0.321 e. The van der Waals surface area contributed by atoms with Crippen LogP contribution in [0.4, 0.5) is 0 Å².